The maximum absolute atomic E-state index is 12.0. The largest absolute Gasteiger partial charge is 0.326 e. The molecule has 1 heterocycles. The van der Waals surface area contributed by atoms with Gasteiger partial charge in [-0.1, -0.05) is 17.7 Å². The molecule has 0 bridgehead atoms. The lowest BCUT2D eigenvalue weighted by Crippen LogP contribution is -2.20. The molecule has 1 aliphatic rings. The normalized spacial score (nSPS) is 16.6. The Hall–Kier alpha value is -0.670. The predicted octanol–water partition coefficient (Wildman–Crippen LogP) is 4.12. The van der Waals surface area contributed by atoms with Crippen LogP contribution in [-0.2, 0) is 4.79 Å². The van der Waals surface area contributed by atoms with Gasteiger partial charge in [0.25, 0.3) is 0 Å². The third-order valence-corrected chi connectivity index (χ3v) is 4.81. The molecular weight excluding hydrogens is 266 g/mol. The summed E-state index contributed by atoms with van der Waals surface area (Å²) in [5.74, 6) is 3.03. The van der Waals surface area contributed by atoms with Crippen molar-refractivity contribution < 1.29 is 4.79 Å². The summed E-state index contributed by atoms with van der Waals surface area (Å²) < 4.78 is 0. The maximum Gasteiger partial charge on any atom is 0.224 e. The molecule has 4 heteroatoms. The minimum absolute atomic E-state index is 0.109. The topological polar surface area (TPSA) is 29.1 Å². The summed E-state index contributed by atoms with van der Waals surface area (Å²) in [5, 5.41) is 3.66. The van der Waals surface area contributed by atoms with Gasteiger partial charge in [-0.15, -0.1) is 0 Å². The highest BCUT2D eigenvalue weighted by atomic mass is 35.5. The molecule has 0 unspecified atom stereocenters. The molecule has 0 aromatic heterocycles. The summed E-state index contributed by atoms with van der Waals surface area (Å²) in [4.78, 5) is 12.0. The quantitative estimate of drug-likeness (QED) is 0.904. The monoisotopic (exact) mass is 283 g/mol. The van der Waals surface area contributed by atoms with Gasteiger partial charge in [0.2, 0.25) is 5.91 Å². The van der Waals surface area contributed by atoms with Crippen LogP contribution in [0.2, 0.25) is 5.02 Å². The lowest BCUT2D eigenvalue weighted by atomic mass is 9.98. The second kappa shape index (κ2) is 6.48. The van der Waals surface area contributed by atoms with E-state index in [1.54, 1.807) is 0 Å². The van der Waals surface area contributed by atoms with Gasteiger partial charge in [-0.05, 0) is 54.9 Å². The summed E-state index contributed by atoms with van der Waals surface area (Å²) in [6.45, 7) is 1.93. The molecule has 1 aromatic rings. The van der Waals surface area contributed by atoms with Crippen LogP contribution in [-0.4, -0.2) is 17.4 Å². The minimum atomic E-state index is 0.109. The zero-order valence-electron chi connectivity index (χ0n) is 10.5. The SMILES string of the molecule is Cc1c(Cl)cccc1NC(=O)CC1CCSCC1. The Bertz CT molecular complexity index is 430. The molecule has 0 atom stereocenters. The van der Waals surface area contributed by atoms with E-state index in [0.717, 1.165) is 24.1 Å². The first kappa shape index (κ1) is 13.8. The molecule has 0 spiro atoms. The molecule has 98 valence electrons. The number of carbonyl (C=O) groups is 1. The number of benzene rings is 1. The van der Waals surface area contributed by atoms with Gasteiger partial charge in [0.15, 0.2) is 0 Å². The van der Waals surface area contributed by atoms with E-state index >= 15 is 0 Å². The Balaban J connectivity index is 1.92. The fraction of sp³-hybridized carbons (Fsp3) is 0.500. The zero-order chi connectivity index (χ0) is 13.0. The van der Waals surface area contributed by atoms with Gasteiger partial charge in [0.05, 0.1) is 0 Å². The van der Waals surface area contributed by atoms with Gasteiger partial charge in [0, 0.05) is 17.1 Å². The predicted molar refractivity (Wildman–Crippen MR) is 79.5 cm³/mol. The number of thioether (sulfide) groups is 1. The molecule has 0 aliphatic carbocycles. The van der Waals surface area contributed by atoms with Crippen molar-refractivity contribution in [2.24, 2.45) is 5.92 Å². The summed E-state index contributed by atoms with van der Waals surface area (Å²) in [6.07, 6.45) is 2.95. The number of amides is 1. The molecule has 1 N–H and O–H groups in total. The Morgan fingerprint density at radius 3 is 2.89 bits per heavy atom. The molecule has 2 nitrogen and oxygen atoms in total. The first-order valence-electron chi connectivity index (χ1n) is 6.29. The maximum atomic E-state index is 12.0. The van der Waals surface area contributed by atoms with Crippen LogP contribution >= 0.6 is 23.4 Å². The van der Waals surface area contributed by atoms with Gasteiger partial charge in [0.1, 0.15) is 0 Å². The van der Waals surface area contributed by atoms with Crippen molar-refractivity contribution in [3.05, 3.63) is 28.8 Å². The molecule has 1 aromatic carbocycles. The molecule has 1 aliphatic heterocycles. The van der Waals surface area contributed by atoms with E-state index in [1.807, 2.05) is 36.9 Å². The summed E-state index contributed by atoms with van der Waals surface area (Å²) in [7, 11) is 0. The molecule has 1 amide bonds. The second-order valence-corrected chi connectivity index (χ2v) is 6.35. The highest BCUT2D eigenvalue weighted by Crippen LogP contribution is 2.27. The van der Waals surface area contributed by atoms with Crippen LogP contribution in [0.15, 0.2) is 18.2 Å². The van der Waals surface area contributed by atoms with Gasteiger partial charge >= 0.3 is 0 Å². The van der Waals surface area contributed by atoms with Crippen LogP contribution in [0.4, 0.5) is 5.69 Å². The number of anilines is 1. The summed E-state index contributed by atoms with van der Waals surface area (Å²) in [6, 6.07) is 5.60. The van der Waals surface area contributed by atoms with Crippen molar-refractivity contribution in [2.45, 2.75) is 26.2 Å². The highest BCUT2D eigenvalue weighted by molar-refractivity contribution is 7.99. The van der Waals surface area contributed by atoms with Crippen LogP contribution in [0.3, 0.4) is 0 Å². The summed E-state index contributed by atoms with van der Waals surface area (Å²) in [5.41, 5.74) is 1.77. The lowest BCUT2D eigenvalue weighted by molar-refractivity contribution is -0.117. The third kappa shape index (κ3) is 3.66. The highest BCUT2D eigenvalue weighted by Gasteiger charge is 2.17. The van der Waals surface area contributed by atoms with Gasteiger partial charge in [-0.25, -0.2) is 0 Å². The minimum Gasteiger partial charge on any atom is -0.326 e. The third-order valence-electron chi connectivity index (χ3n) is 3.36. The van der Waals surface area contributed by atoms with Crippen molar-refractivity contribution in [3.8, 4) is 0 Å². The molecule has 2 rings (SSSR count). The molecule has 1 fully saturated rings. The van der Waals surface area contributed by atoms with Crippen LogP contribution in [0.1, 0.15) is 24.8 Å². The van der Waals surface area contributed by atoms with Gasteiger partial charge in [-0.3, -0.25) is 4.79 Å². The smallest absolute Gasteiger partial charge is 0.224 e. The second-order valence-electron chi connectivity index (χ2n) is 4.72. The standard InChI is InChI=1S/C14H18ClNOS/c1-10-12(15)3-2-4-13(10)16-14(17)9-11-5-7-18-8-6-11/h2-4,11H,5-9H2,1H3,(H,16,17). The van der Waals surface area contributed by atoms with E-state index in [0.29, 0.717) is 17.4 Å². The number of hydrogen-bond donors (Lipinski definition) is 1. The average molecular weight is 284 g/mol. The average Bonchev–Trinajstić information content (AvgIpc) is 2.36. The van der Waals surface area contributed by atoms with E-state index < -0.39 is 0 Å². The van der Waals surface area contributed by atoms with Crippen LogP contribution in [0.5, 0.6) is 0 Å². The molecule has 0 radical (unpaired) electrons. The van der Waals surface area contributed by atoms with E-state index in [9.17, 15) is 4.79 Å². The summed E-state index contributed by atoms with van der Waals surface area (Å²) >= 11 is 8.02. The zero-order valence-corrected chi connectivity index (χ0v) is 12.1. The Morgan fingerprint density at radius 1 is 1.44 bits per heavy atom. The van der Waals surface area contributed by atoms with Crippen LogP contribution in [0.25, 0.3) is 0 Å². The molecule has 0 saturated carbocycles. The Labute approximate surface area is 117 Å². The van der Waals surface area contributed by atoms with Crippen molar-refractivity contribution in [1.82, 2.24) is 0 Å². The Morgan fingerprint density at radius 2 is 2.17 bits per heavy atom. The van der Waals surface area contributed by atoms with E-state index in [2.05, 4.69) is 5.32 Å². The first-order valence-corrected chi connectivity index (χ1v) is 7.83. The van der Waals surface area contributed by atoms with E-state index in [-0.39, 0.29) is 5.91 Å². The fourth-order valence-electron chi connectivity index (χ4n) is 2.16. The number of nitrogens with one attached hydrogen (secondary N) is 1. The number of hydrogen-bond acceptors (Lipinski definition) is 2. The van der Waals surface area contributed by atoms with E-state index in [1.165, 1.54) is 11.5 Å². The van der Waals surface area contributed by atoms with Gasteiger partial charge < -0.3 is 5.32 Å². The van der Waals surface area contributed by atoms with Crippen LogP contribution < -0.4 is 5.32 Å². The number of carbonyl (C=O) groups excluding carboxylic acids is 1. The molecular formula is C14H18ClNOS. The van der Waals surface area contributed by atoms with Crippen molar-refractivity contribution in [2.75, 3.05) is 16.8 Å². The van der Waals surface area contributed by atoms with Crippen LogP contribution in [0, 0.1) is 12.8 Å². The van der Waals surface area contributed by atoms with Crippen molar-refractivity contribution >= 4 is 35.0 Å². The fourth-order valence-corrected chi connectivity index (χ4v) is 3.54. The first-order chi connectivity index (χ1) is 8.66. The van der Waals surface area contributed by atoms with Crippen molar-refractivity contribution in [3.63, 3.8) is 0 Å². The molecule has 18 heavy (non-hydrogen) atoms. The van der Waals surface area contributed by atoms with Gasteiger partial charge in [-0.2, -0.15) is 11.8 Å². The molecule has 1 saturated heterocycles. The van der Waals surface area contributed by atoms with Crippen molar-refractivity contribution in [1.29, 1.82) is 0 Å². The van der Waals surface area contributed by atoms with E-state index in [4.69, 9.17) is 11.6 Å². The lowest BCUT2D eigenvalue weighted by Gasteiger charge is -2.20. The Kier molecular flexibility index (Phi) is 4.95. The number of halogens is 1. The number of rotatable bonds is 3.